The molecule has 0 aliphatic rings. The molecule has 0 bridgehead atoms. The first-order valence-electron chi connectivity index (χ1n) is 4.86. The highest BCUT2D eigenvalue weighted by Gasteiger charge is 2.03. The quantitative estimate of drug-likeness (QED) is 0.775. The van der Waals surface area contributed by atoms with E-state index in [-0.39, 0.29) is 5.82 Å². The van der Waals surface area contributed by atoms with Crippen LogP contribution in [0.25, 0.3) is 17.0 Å². The van der Waals surface area contributed by atoms with Gasteiger partial charge in [-0.15, -0.1) is 0 Å². The lowest BCUT2D eigenvalue weighted by atomic mass is 10.1. The molecule has 0 saturated carbocycles. The number of benzene rings is 1. The van der Waals surface area contributed by atoms with Gasteiger partial charge in [0.2, 0.25) is 0 Å². The smallest absolute Gasteiger partial charge is 0.131 e. The minimum atomic E-state index is -0.216. The van der Waals surface area contributed by atoms with E-state index in [0.29, 0.717) is 12.1 Å². The predicted molar refractivity (Wildman–Crippen MR) is 61.1 cm³/mol. The van der Waals surface area contributed by atoms with E-state index in [0.717, 1.165) is 16.6 Å². The van der Waals surface area contributed by atoms with E-state index in [1.165, 1.54) is 6.07 Å². The van der Waals surface area contributed by atoms with Crippen LogP contribution in [0.5, 0.6) is 0 Å². The van der Waals surface area contributed by atoms with Gasteiger partial charge in [0.1, 0.15) is 5.82 Å². The molecule has 0 fully saturated rings. The molecule has 1 aromatic heterocycles. The summed E-state index contributed by atoms with van der Waals surface area (Å²) in [6, 6.07) is 5.26. The summed E-state index contributed by atoms with van der Waals surface area (Å²) < 4.78 is 13.5. The number of hydrogen-bond donors (Lipinski definition) is 2. The second kappa shape index (κ2) is 3.87. The summed E-state index contributed by atoms with van der Waals surface area (Å²) in [5.41, 5.74) is 7.87. The van der Waals surface area contributed by atoms with Crippen LogP contribution in [0, 0.1) is 12.7 Å². The Morgan fingerprint density at radius 1 is 1.40 bits per heavy atom. The second-order valence-electron chi connectivity index (χ2n) is 3.55. The van der Waals surface area contributed by atoms with E-state index in [1.54, 1.807) is 18.2 Å². The van der Waals surface area contributed by atoms with Crippen LogP contribution in [-0.2, 0) is 0 Å². The van der Waals surface area contributed by atoms with Gasteiger partial charge in [0.05, 0.1) is 0 Å². The van der Waals surface area contributed by atoms with Gasteiger partial charge in [-0.1, -0.05) is 12.2 Å². The molecule has 0 amide bonds. The summed E-state index contributed by atoms with van der Waals surface area (Å²) in [5, 5.41) is 0.898. The number of nitrogens with two attached hydrogens (primary N) is 1. The van der Waals surface area contributed by atoms with E-state index < -0.39 is 0 Å². The highest BCUT2D eigenvalue weighted by Crippen LogP contribution is 2.20. The molecular formula is C12H13FN2. The standard InChI is InChI=1S/C12H13FN2/c1-8-5-10-6-11(13)9(3-2-4-14)7-12(10)15-8/h2-3,5-7,15H,4,14H2,1H3/b3-2+. The largest absolute Gasteiger partial charge is 0.359 e. The summed E-state index contributed by atoms with van der Waals surface area (Å²) in [6.45, 7) is 2.37. The Balaban J connectivity index is 2.56. The first-order valence-corrected chi connectivity index (χ1v) is 4.86. The molecule has 0 aliphatic carbocycles. The van der Waals surface area contributed by atoms with Crippen LogP contribution < -0.4 is 5.73 Å². The number of hydrogen-bond acceptors (Lipinski definition) is 1. The zero-order valence-corrected chi connectivity index (χ0v) is 8.55. The monoisotopic (exact) mass is 204 g/mol. The number of aryl methyl sites for hydroxylation is 1. The zero-order chi connectivity index (χ0) is 10.8. The van der Waals surface area contributed by atoms with Gasteiger partial charge in [-0.05, 0) is 25.1 Å². The Hall–Kier alpha value is -1.61. The molecule has 0 aliphatic heterocycles. The number of rotatable bonds is 2. The van der Waals surface area contributed by atoms with Crippen molar-refractivity contribution >= 4 is 17.0 Å². The van der Waals surface area contributed by atoms with Crippen molar-refractivity contribution in [2.75, 3.05) is 6.54 Å². The summed E-state index contributed by atoms with van der Waals surface area (Å²) >= 11 is 0. The highest BCUT2D eigenvalue weighted by molar-refractivity contribution is 5.83. The lowest BCUT2D eigenvalue weighted by molar-refractivity contribution is 0.627. The Morgan fingerprint density at radius 3 is 2.93 bits per heavy atom. The minimum absolute atomic E-state index is 0.216. The summed E-state index contributed by atoms with van der Waals surface area (Å²) in [4.78, 5) is 3.17. The predicted octanol–water partition coefficient (Wildman–Crippen LogP) is 2.59. The first kappa shape index (κ1) is 9.93. The number of aromatic amines is 1. The van der Waals surface area contributed by atoms with Gasteiger partial charge in [0, 0.05) is 28.7 Å². The van der Waals surface area contributed by atoms with Gasteiger partial charge in [0.25, 0.3) is 0 Å². The molecule has 0 saturated heterocycles. The number of aromatic nitrogens is 1. The average molecular weight is 204 g/mol. The van der Waals surface area contributed by atoms with Crippen LogP contribution in [0.2, 0.25) is 0 Å². The fraction of sp³-hybridized carbons (Fsp3) is 0.167. The Bertz CT molecular complexity index is 512. The third-order valence-electron chi connectivity index (χ3n) is 2.31. The maximum Gasteiger partial charge on any atom is 0.131 e. The summed E-state index contributed by atoms with van der Waals surface area (Å²) in [7, 11) is 0. The molecule has 78 valence electrons. The highest BCUT2D eigenvalue weighted by atomic mass is 19.1. The second-order valence-corrected chi connectivity index (χ2v) is 3.55. The number of H-pyrrole nitrogens is 1. The average Bonchev–Trinajstić information content (AvgIpc) is 2.53. The molecule has 0 radical (unpaired) electrons. The van der Waals surface area contributed by atoms with E-state index >= 15 is 0 Å². The number of halogens is 1. The number of nitrogens with one attached hydrogen (secondary N) is 1. The van der Waals surface area contributed by atoms with Gasteiger partial charge in [-0.3, -0.25) is 0 Å². The van der Waals surface area contributed by atoms with Gasteiger partial charge in [-0.25, -0.2) is 4.39 Å². The fourth-order valence-electron chi connectivity index (χ4n) is 1.64. The Kier molecular flexibility index (Phi) is 2.56. The SMILES string of the molecule is Cc1cc2cc(F)c(/C=C/CN)cc2[nH]1. The van der Waals surface area contributed by atoms with Gasteiger partial charge in [-0.2, -0.15) is 0 Å². The van der Waals surface area contributed by atoms with Crippen molar-refractivity contribution in [2.24, 2.45) is 5.73 Å². The Morgan fingerprint density at radius 2 is 2.20 bits per heavy atom. The summed E-state index contributed by atoms with van der Waals surface area (Å²) in [5.74, 6) is -0.216. The molecule has 0 unspecified atom stereocenters. The molecular weight excluding hydrogens is 191 g/mol. The molecule has 0 spiro atoms. The third kappa shape index (κ3) is 1.92. The van der Waals surface area contributed by atoms with E-state index in [1.807, 2.05) is 13.0 Å². The molecule has 2 rings (SSSR count). The van der Waals surface area contributed by atoms with Crippen molar-refractivity contribution in [1.82, 2.24) is 4.98 Å². The van der Waals surface area contributed by atoms with Crippen LogP contribution >= 0.6 is 0 Å². The molecule has 2 nitrogen and oxygen atoms in total. The Labute approximate surface area is 87.6 Å². The van der Waals surface area contributed by atoms with Crippen molar-refractivity contribution in [1.29, 1.82) is 0 Å². The number of fused-ring (bicyclic) bond motifs is 1. The molecule has 15 heavy (non-hydrogen) atoms. The van der Waals surface area contributed by atoms with E-state index in [9.17, 15) is 4.39 Å². The van der Waals surface area contributed by atoms with Crippen molar-refractivity contribution < 1.29 is 4.39 Å². The fourth-order valence-corrected chi connectivity index (χ4v) is 1.64. The van der Waals surface area contributed by atoms with Crippen LogP contribution in [0.1, 0.15) is 11.3 Å². The van der Waals surface area contributed by atoms with Crippen molar-refractivity contribution in [3.05, 3.63) is 41.3 Å². The third-order valence-corrected chi connectivity index (χ3v) is 2.31. The maximum absolute atomic E-state index is 13.5. The molecule has 0 atom stereocenters. The zero-order valence-electron chi connectivity index (χ0n) is 8.55. The molecule has 3 N–H and O–H groups in total. The summed E-state index contributed by atoms with van der Waals surface area (Å²) in [6.07, 6.45) is 3.44. The van der Waals surface area contributed by atoms with Crippen LogP contribution in [-0.4, -0.2) is 11.5 Å². The molecule has 1 heterocycles. The van der Waals surface area contributed by atoms with E-state index in [2.05, 4.69) is 4.98 Å². The molecule has 2 aromatic rings. The van der Waals surface area contributed by atoms with Gasteiger partial charge < -0.3 is 10.7 Å². The minimum Gasteiger partial charge on any atom is -0.359 e. The molecule has 1 aromatic carbocycles. The van der Waals surface area contributed by atoms with E-state index in [4.69, 9.17) is 5.73 Å². The maximum atomic E-state index is 13.5. The van der Waals surface area contributed by atoms with Gasteiger partial charge in [0.15, 0.2) is 0 Å². The topological polar surface area (TPSA) is 41.8 Å². The lowest BCUT2D eigenvalue weighted by Crippen LogP contribution is -1.92. The van der Waals surface area contributed by atoms with Crippen LogP contribution in [0.3, 0.4) is 0 Å². The van der Waals surface area contributed by atoms with Gasteiger partial charge >= 0.3 is 0 Å². The van der Waals surface area contributed by atoms with Crippen LogP contribution in [0.4, 0.5) is 4.39 Å². The molecule has 3 heteroatoms. The normalized spacial score (nSPS) is 11.7. The van der Waals surface area contributed by atoms with Crippen molar-refractivity contribution in [2.45, 2.75) is 6.92 Å². The van der Waals surface area contributed by atoms with Crippen molar-refractivity contribution in [3.8, 4) is 0 Å². The van der Waals surface area contributed by atoms with Crippen molar-refractivity contribution in [3.63, 3.8) is 0 Å². The lowest BCUT2D eigenvalue weighted by Gasteiger charge is -1.97. The first-order chi connectivity index (χ1) is 7.20. The van der Waals surface area contributed by atoms with Crippen LogP contribution in [0.15, 0.2) is 24.3 Å².